The van der Waals surface area contributed by atoms with Crippen LogP contribution in [0.25, 0.3) is 0 Å². The lowest BCUT2D eigenvalue weighted by atomic mass is 9.94. The highest BCUT2D eigenvalue weighted by Crippen LogP contribution is 2.25. The van der Waals surface area contributed by atoms with Crippen molar-refractivity contribution in [2.75, 3.05) is 13.2 Å². The first-order valence-electron chi connectivity index (χ1n) is 7.91. The zero-order valence-electron chi connectivity index (χ0n) is 13.5. The number of aromatic carboxylic acids is 1. The number of hydrogen-bond donors (Lipinski definition) is 1. The fourth-order valence-electron chi connectivity index (χ4n) is 3.03. The molecule has 0 saturated heterocycles. The van der Waals surface area contributed by atoms with Crippen LogP contribution in [0.3, 0.4) is 0 Å². The van der Waals surface area contributed by atoms with Crippen molar-refractivity contribution in [1.29, 1.82) is 0 Å². The van der Waals surface area contributed by atoms with Gasteiger partial charge in [-0.05, 0) is 48.7 Å². The summed E-state index contributed by atoms with van der Waals surface area (Å²) in [5.74, 6) is -0.849. The van der Waals surface area contributed by atoms with Crippen molar-refractivity contribution in [2.45, 2.75) is 26.4 Å². The molecule has 0 bridgehead atoms. The van der Waals surface area contributed by atoms with Crippen molar-refractivity contribution in [3.63, 3.8) is 0 Å². The second-order valence-corrected chi connectivity index (χ2v) is 5.78. The number of pyridine rings is 1. The molecule has 2 heterocycles. The van der Waals surface area contributed by atoms with Gasteiger partial charge in [-0.2, -0.15) is 0 Å². The quantitative estimate of drug-likeness (QED) is 0.913. The Labute approximate surface area is 139 Å². The normalized spacial score (nSPS) is 14.2. The highest BCUT2D eigenvalue weighted by molar-refractivity contribution is 5.90. The van der Waals surface area contributed by atoms with Gasteiger partial charge in [-0.3, -0.25) is 9.88 Å². The molecular weight excluding hydrogens is 311 g/mol. The minimum atomic E-state index is -1.08. The lowest BCUT2D eigenvalue weighted by Crippen LogP contribution is -2.31. The molecule has 126 valence electrons. The largest absolute Gasteiger partial charge is 0.492 e. The van der Waals surface area contributed by atoms with E-state index in [1.807, 2.05) is 19.1 Å². The molecule has 0 unspecified atom stereocenters. The van der Waals surface area contributed by atoms with E-state index in [1.54, 1.807) is 6.20 Å². The summed E-state index contributed by atoms with van der Waals surface area (Å²) in [6.45, 7) is 4.38. The first-order chi connectivity index (χ1) is 11.6. The van der Waals surface area contributed by atoms with Crippen LogP contribution in [-0.4, -0.2) is 34.1 Å². The molecule has 0 fully saturated rings. The summed E-state index contributed by atoms with van der Waals surface area (Å²) in [7, 11) is 0. The van der Waals surface area contributed by atoms with Gasteiger partial charge in [0.25, 0.3) is 0 Å². The van der Waals surface area contributed by atoms with E-state index in [0.29, 0.717) is 32.7 Å². The third kappa shape index (κ3) is 3.54. The molecule has 0 spiro atoms. The Kier molecular flexibility index (Phi) is 4.76. The van der Waals surface area contributed by atoms with Crippen molar-refractivity contribution in [1.82, 2.24) is 9.88 Å². The van der Waals surface area contributed by atoms with E-state index in [2.05, 4.69) is 9.88 Å². The molecule has 1 aliphatic heterocycles. The molecule has 0 aliphatic carbocycles. The first-order valence-corrected chi connectivity index (χ1v) is 7.91. The van der Waals surface area contributed by atoms with Crippen LogP contribution in [0.15, 0.2) is 30.5 Å². The van der Waals surface area contributed by atoms with Gasteiger partial charge < -0.3 is 9.84 Å². The lowest BCUT2D eigenvalue weighted by Gasteiger charge is -2.29. The Morgan fingerprint density at radius 1 is 1.42 bits per heavy atom. The summed E-state index contributed by atoms with van der Waals surface area (Å²) < 4.78 is 19.1. The van der Waals surface area contributed by atoms with Gasteiger partial charge >= 0.3 is 5.97 Å². The molecule has 1 aromatic heterocycles. The van der Waals surface area contributed by atoms with E-state index in [4.69, 9.17) is 4.74 Å². The maximum atomic E-state index is 13.7. The average Bonchev–Trinajstić information content (AvgIpc) is 2.55. The molecule has 2 aromatic rings. The summed E-state index contributed by atoms with van der Waals surface area (Å²) in [5, 5.41) is 9.23. The minimum absolute atomic E-state index is 0.0730. The number of benzene rings is 1. The van der Waals surface area contributed by atoms with E-state index in [1.165, 1.54) is 6.07 Å². The number of nitrogens with zero attached hydrogens (tertiary/aromatic N) is 2. The number of carbonyl (C=O) groups is 1. The van der Waals surface area contributed by atoms with E-state index in [9.17, 15) is 14.3 Å². The molecule has 0 atom stereocenters. The number of carboxylic acid groups (broad SMARTS) is 1. The fourth-order valence-corrected chi connectivity index (χ4v) is 3.03. The van der Waals surface area contributed by atoms with Gasteiger partial charge in [-0.25, -0.2) is 9.18 Å². The van der Waals surface area contributed by atoms with E-state index in [-0.39, 0.29) is 5.56 Å². The number of halogens is 1. The smallest absolute Gasteiger partial charge is 0.336 e. The number of carboxylic acids is 1. The predicted octanol–water partition coefficient (Wildman–Crippen LogP) is 2.88. The fraction of sp³-hybridized carbons (Fsp3) is 0.333. The highest BCUT2D eigenvalue weighted by atomic mass is 19.1. The van der Waals surface area contributed by atoms with Crippen LogP contribution >= 0.6 is 0 Å². The summed E-state index contributed by atoms with van der Waals surface area (Å²) in [5.41, 5.74) is 2.45. The Balaban J connectivity index is 1.74. The Morgan fingerprint density at radius 3 is 2.92 bits per heavy atom. The summed E-state index contributed by atoms with van der Waals surface area (Å²) in [6.07, 6.45) is 2.28. The maximum Gasteiger partial charge on any atom is 0.336 e. The minimum Gasteiger partial charge on any atom is -0.492 e. The molecule has 0 saturated carbocycles. The van der Waals surface area contributed by atoms with Gasteiger partial charge in [0.05, 0.1) is 24.1 Å². The predicted molar refractivity (Wildman–Crippen MR) is 86.6 cm³/mol. The summed E-state index contributed by atoms with van der Waals surface area (Å²) in [4.78, 5) is 17.8. The van der Waals surface area contributed by atoms with Crippen LogP contribution in [-0.2, 0) is 19.5 Å². The van der Waals surface area contributed by atoms with Crippen LogP contribution in [0.1, 0.15) is 34.1 Å². The molecule has 1 N–H and O–H groups in total. The molecule has 6 heteroatoms. The average molecular weight is 330 g/mol. The van der Waals surface area contributed by atoms with Gasteiger partial charge in [-0.1, -0.05) is 0 Å². The van der Waals surface area contributed by atoms with Gasteiger partial charge in [0, 0.05) is 19.6 Å². The van der Waals surface area contributed by atoms with Crippen molar-refractivity contribution in [3.8, 4) is 5.75 Å². The monoisotopic (exact) mass is 330 g/mol. The Hall–Kier alpha value is -2.47. The zero-order valence-corrected chi connectivity index (χ0v) is 13.5. The first kappa shape index (κ1) is 16.4. The van der Waals surface area contributed by atoms with Crippen LogP contribution in [0.2, 0.25) is 0 Å². The summed E-state index contributed by atoms with van der Waals surface area (Å²) in [6, 6.07) is 6.32. The van der Waals surface area contributed by atoms with Crippen molar-refractivity contribution >= 4 is 5.97 Å². The molecule has 3 rings (SSSR count). The Bertz CT molecular complexity index is 747. The summed E-state index contributed by atoms with van der Waals surface area (Å²) >= 11 is 0. The standard InChI is InChI=1S/C18H19FN2O3/c1-2-24-15-4-3-14(20-9-15)11-21-6-5-16-12(10-21)7-13(19)8-17(16)18(22)23/h3-4,7-9H,2,5-6,10-11H2,1H3,(H,22,23). The van der Waals surface area contributed by atoms with E-state index in [0.717, 1.165) is 28.6 Å². The van der Waals surface area contributed by atoms with Gasteiger partial charge in [0.2, 0.25) is 0 Å². The van der Waals surface area contributed by atoms with Gasteiger partial charge in [0.1, 0.15) is 11.6 Å². The number of fused-ring (bicyclic) bond motifs is 1. The number of rotatable bonds is 5. The van der Waals surface area contributed by atoms with Crippen LogP contribution in [0, 0.1) is 5.82 Å². The number of aromatic nitrogens is 1. The number of ether oxygens (including phenoxy) is 1. The molecule has 5 nitrogen and oxygen atoms in total. The van der Waals surface area contributed by atoms with Crippen LogP contribution < -0.4 is 4.74 Å². The topological polar surface area (TPSA) is 62.7 Å². The molecule has 24 heavy (non-hydrogen) atoms. The number of hydrogen-bond acceptors (Lipinski definition) is 4. The molecule has 1 aliphatic rings. The van der Waals surface area contributed by atoms with Gasteiger partial charge in [-0.15, -0.1) is 0 Å². The lowest BCUT2D eigenvalue weighted by molar-refractivity contribution is 0.0694. The van der Waals surface area contributed by atoms with Gasteiger partial charge in [0.15, 0.2) is 0 Å². The molecule has 0 radical (unpaired) electrons. The Morgan fingerprint density at radius 2 is 2.25 bits per heavy atom. The third-order valence-electron chi connectivity index (χ3n) is 4.10. The van der Waals surface area contributed by atoms with Crippen LogP contribution in [0.5, 0.6) is 5.75 Å². The van der Waals surface area contributed by atoms with Crippen LogP contribution in [0.4, 0.5) is 4.39 Å². The third-order valence-corrected chi connectivity index (χ3v) is 4.10. The van der Waals surface area contributed by atoms with E-state index >= 15 is 0 Å². The van der Waals surface area contributed by atoms with Crippen molar-refractivity contribution in [3.05, 3.63) is 58.7 Å². The zero-order chi connectivity index (χ0) is 17.1. The molecule has 1 aromatic carbocycles. The maximum absolute atomic E-state index is 13.7. The molecule has 0 amide bonds. The highest BCUT2D eigenvalue weighted by Gasteiger charge is 2.23. The van der Waals surface area contributed by atoms with Crippen molar-refractivity contribution < 1.29 is 19.0 Å². The SMILES string of the molecule is CCOc1ccc(CN2CCc3c(cc(F)cc3C(=O)O)C2)nc1. The molecular formula is C18H19FN2O3. The second kappa shape index (κ2) is 6.97. The second-order valence-electron chi connectivity index (χ2n) is 5.78. The van der Waals surface area contributed by atoms with E-state index < -0.39 is 11.8 Å². The van der Waals surface area contributed by atoms with Crippen molar-refractivity contribution in [2.24, 2.45) is 0 Å².